The Hall–Kier alpha value is -9.04. The molecular formula is C32H30N20O6. The Labute approximate surface area is 327 Å². The van der Waals surface area contributed by atoms with Crippen LogP contribution in [0.5, 0.6) is 11.5 Å². The van der Waals surface area contributed by atoms with Gasteiger partial charge in [0.25, 0.3) is 0 Å². The van der Waals surface area contributed by atoms with Crippen molar-refractivity contribution in [2.75, 3.05) is 18.2 Å². The summed E-state index contributed by atoms with van der Waals surface area (Å²) in [5, 5.41) is 122. The van der Waals surface area contributed by atoms with E-state index in [4.69, 9.17) is 22.2 Å². The van der Waals surface area contributed by atoms with Crippen molar-refractivity contribution >= 4 is 34.4 Å². The monoisotopic (exact) mass is 790 g/mol. The number of nitrogens with two attached hydrogens (primary N) is 2. The summed E-state index contributed by atoms with van der Waals surface area (Å²) >= 11 is 0. The number of carbonyl (C=O) groups is 1. The van der Waals surface area contributed by atoms with Crippen molar-refractivity contribution in [2.45, 2.75) is 39.5 Å². The number of aromatic hydroxyl groups is 2. The van der Waals surface area contributed by atoms with Gasteiger partial charge in [-0.25, -0.2) is 4.58 Å². The number of rotatable bonds is 14. The predicted molar refractivity (Wildman–Crippen MR) is 197 cm³/mol. The molecule has 0 atom stereocenters. The van der Waals surface area contributed by atoms with E-state index in [9.17, 15) is 30.3 Å². The molecular weight excluding hydrogens is 760 g/mol. The zero-order chi connectivity index (χ0) is 42.5. The number of nitrogens with zero attached hydrogens (tertiary/aromatic N) is 18. The quantitative estimate of drug-likeness (QED) is 0.0231. The third-order valence-corrected chi connectivity index (χ3v) is 7.19. The van der Waals surface area contributed by atoms with Crippen LogP contribution in [0.2, 0.25) is 0 Å². The minimum Gasteiger partial charge on any atom is -0.871 e. The number of phenolic OH excluding ortho intramolecular Hbond substituents is 2. The van der Waals surface area contributed by atoms with E-state index < -0.39 is 68.5 Å². The highest BCUT2D eigenvalue weighted by molar-refractivity contribution is 6.40. The molecule has 0 saturated carbocycles. The van der Waals surface area contributed by atoms with E-state index in [-0.39, 0.29) is 5.69 Å². The molecule has 0 fully saturated rings. The number of amidine groups is 2. The lowest BCUT2D eigenvalue weighted by Crippen LogP contribution is -2.32. The number of unbranched alkanes of at least 4 members (excludes halogenated alkanes) is 2. The van der Waals surface area contributed by atoms with Crippen molar-refractivity contribution in [2.24, 2.45) is 84.3 Å². The molecule has 1 aromatic carbocycles. The van der Waals surface area contributed by atoms with Crippen LogP contribution in [0.4, 0.5) is 5.69 Å². The van der Waals surface area contributed by atoms with Gasteiger partial charge >= 0.3 is 0 Å². The van der Waals surface area contributed by atoms with Crippen LogP contribution in [0.25, 0.3) is 5.57 Å². The van der Waals surface area contributed by atoms with Crippen LogP contribution in [-0.2, 0) is 4.79 Å². The van der Waals surface area contributed by atoms with Crippen LogP contribution in [-0.4, -0.2) is 61.3 Å². The SMILES string of the molecule is CCCC[N+](CCCC)=C1C=C(O)C(=C2C(=O)C(c3c(O)cc(N(/N=C(C#CC#N)/N=N/N=N/N=N/N)/N=C(C#CC#N)/N=N/N=N/N=N/N)cc3O)=C2[O-])C(O)=C1. The standard InChI is InChI=1S/C32H30N20O6/c1-3-5-13-51(14-6-4-2)19-15-21(53)27(22(54)16-19)29-31(57)30(32(29)58)28-23(55)17-20(18-24(28)56)52(39-25(9-7-11-33)37-43-47-49-45-41-35)40-26(10-8-12-34)38-44-48-50-46-42-36/h15-18H,3-6,13-14H2,1-2H3,(H8,35,36,37,38,39,40,41,42,43,44,45,46,47,48,49,50,53,54,55,56,57,58). The fourth-order valence-electron chi connectivity index (χ4n) is 4.79. The molecule has 0 aromatic heterocycles. The van der Waals surface area contributed by atoms with E-state index in [1.807, 2.05) is 30.3 Å². The second kappa shape index (κ2) is 22.2. The Bertz CT molecular complexity index is 2280. The first-order chi connectivity index (χ1) is 28.1. The first-order valence-electron chi connectivity index (χ1n) is 16.4. The van der Waals surface area contributed by atoms with Gasteiger partial charge in [-0.2, -0.15) is 10.5 Å². The molecule has 8 N–H and O–H groups in total. The van der Waals surface area contributed by atoms with E-state index in [1.165, 1.54) is 24.3 Å². The number of hydrogen-bond acceptors (Lipinski definition) is 13. The van der Waals surface area contributed by atoms with Crippen LogP contribution < -0.4 is 21.9 Å². The number of ketones is 1. The number of benzene rings is 1. The van der Waals surface area contributed by atoms with Gasteiger partial charge < -0.3 is 37.2 Å². The Balaban J connectivity index is 2.24. The number of nitriles is 2. The van der Waals surface area contributed by atoms with Crippen molar-refractivity contribution in [3.8, 4) is 47.3 Å². The van der Waals surface area contributed by atoms with Gasteiger partial charge in [0.15, 0.2) is 17.9 Å². The molecule has 2 aliphatic carbocycles. The molecule has 294 valence electrons. The molecule has 26 heteroatoms. The van der Waals surface area contributed by atoms with E-state index in [2.05, 4.69) is 84.5 Å². The smallest absolute Gasteiger partial charge is 0.249 e. The maximum absolute atomic E-state index is 13.5. The summed E-state index contributed by atoms with van der Waals surface area (Å²) in [6.45, 7) is 5.34. The molecule has 1 aromatic rings. The molecule has 0 spiro atoms. The molecule has 2 aliphatic rings. The van der Waals surface area contributed by atoms with Crippen LogP contribution >= 0.6 is 0 Å². The summed E-state index contributed by atoms with van der Waals surface area (Å²) in [6, 6.07) is 4.75. The normalized spacial score (nSPS) is 14.8. The summed E-state index contributed by atoms with van der Waals surface area (Å²) in [5.41, 5.74) is -2.23. The Morgan fingerprint density at radius 3 is 1.62 bits per heavy atom. The van der Waals surface area contributed by atoms with Crippen LogP contribution in [0.15, 0.2) is 125 Å². The van der Waals surface area contributed by atoms with Crippen LogP contribution in [0, 0.1) is 46.3 Å². The van der Waals surface area contributed by atoms with Gasteiger partial charge in [-0.05, 0) is 53.6 Å². The van der Waals surface area contributed by atoms with Gasteiger partial charge in [0.05, 0.1) is 29.0 Å². The molecule has 0 unspecified atom stereocenters. The zero-order valence-corrected chi connectivity index (χ0v) is 30.4. The summed E-state index contributed by atoms with van der Waals surface area (Å²) in [7, 11) is 0. The topological polar surface area (TPSA) is 400 Å². The number of aliphatic hydroxyl groups excluding tert-OH is 2. The summed E-state index contributed by atoms with van der Waals surface area (Å²) < 4.78 is 1.98. The number of aliphatic hydroxyl groups is 2. The molecule has 26 nitrogen and oxygen atoms in total. The van der Waals surface area contributed by atoms with E-state index in [1.54, 1.807) is 0 Å². The lowest BCUT2D eigenvalue weighted by atomic mass is 9.78. The number of allylic oxidation sites excluding steroid dienone is 4. The number of carbonyl (C=O) groups excluding carboxylic acids is 1. The highest BCUT2D eigenvalue weighted by Gasteiger charge is 2.38. The third kappa shape index (κ3) is 11.5. The van der Waals surface area contributed by atoms with Crippen molar-refractivity contribution < 1.29 is 34.9 Å². The Kier molecular flexibility index (Phi) is 16.6. The van der Waals surface area contributed by atoms with Gasteiger partial charge in [0.1, 0.15) is 36.1 Å². The van der Waals surface area contributed by atoms with Crippen LogP contribution in [0.1, 0.15) is 45.1 Å². The first-order valence-corrected chi connectivity index (χ1v) is 16.4. The van der Waals surface area contributed by atoms with Gasteiger partial charge in [-0.15, -0.1) is 15.3 Å². The van der Waals surface area contributed by atoms with E-state index in [0.717, 1.165) is 37.8 Å². The highest BCUT2D eigenvalue weighted by Crippen LogP contribution is 2.47. The number of hydrazone groups is 2. The fraction of sp³-hybridized carbons (Fsp3) is 0.250. The first kappa shape index (κ1) is 43.4. The largest absolute Gasteiger partial charge is 0.871 e. The van der Waals surface area contributed by atoms with Crippen molar-refractivity contribution in [3.05, 3.63) is 58.3 Å². The van der Waals surface area contributed by atoms with E-state index in [0.29, 0.717) is 23.9 Å². The predicted octanol–water partition coefficient (Wildman–Crippen LogP) is 3.61. The maximum atomic E-state index is 13.5. The zero-order valence-electron chi connectivity index (χ0n) is 30.4. The molecule has 0 radical (unpaired) electrons. The van der Waals surface area contributed by atoms with E-state index >= 15 is 0 Å². The fourth-order valence-corrected chi connectivity index (χ4v) is 4.79. The van der Waals surface area contributed by atoms with Crippen molar-refractivity contribution in [1.82, 2.24) is 0 Å². The number of Topliss-reactive ketones (excluding diaryl/α,β-unsaturated/α-hetero) is 1. The molecule has 0 aliphatic heterocycles. The second-order valence-electron chi connectivity index (χ2n) is 10.8. The Morgan fingerprint density at radius 2 is 1.21 bits per heavy atom. The number of hydrogen-bond donors (Lipinski definition) is 6. The second-order valence-corrected chi connectivity index (χ2v) is 10.8. The Morgan fingerprint density at radius 1 is 0.741 bits per heavy atom. The van der Waals surface area contributed by atoms with Crippen molar-refractivity contribution in [1.29, 1.82) is 10.5 Å². The molecule has 0 bridgehead atoms. The number of phenols is 2. The average Bonchev–Trinajstić information content (AvgIpc) is 3.20. The molecule has 0 heterocycles. The lowest BCUT2D eigenvalue weighted by Gasteiger charge is -2.33. The maximum Gasteiger partial charge on any atom is 0.249 e. The lowest BCUT2D eigenvalue weighted by molar-refractivity contribution is -0.527. The summed E-state index contributed by atoms with van der Waals surface area (Å²) in [4.78, 5) is 13.5. The molecule has 0 amide bonds. The van der Waals surface area contributed by atoms with Crippen LogP contribution in [0.3, 0.4) is 0 Å². The van der Waals surface area contributed by atoms with Crippen molar-refractivity contribution in [3.63, 3.8) is 0 Å². The summed E-state index contributed by atoms with van der Waals surface area (Å²) in [5.74, 6) is 11.9. The molecule has 0 saturated heterocycles. The molecule has 58 heavy (non-hydrogen) atoms. The van der Waals surface area contributed by atoms with Gasteiger partial charge in [-0.1, -0.05) is 53.1 Å². The minimum atomic E-state index is -1.01. The van der Waals surface area contributed by atoms with Gasteiger partial charge in [-0.3, -0.25) is 4.79 Å². The third-order valence-electron chi connectivity index (χ3n) is 7.19. The number of anilines is 1. The van der Waals surface area contributed by atoms with Gasteiger partial charge in [0, 0.05) is 48.0 Å². The minimum absolute atomic E-state index is 0.389. The highest BCUT2D eigenvalue weighted by atomic mass is 16.3. The van der Waals surface area contributed by atoms with Gasteiger partial charge in [0.2, 0.25) is 17.4 Å². The molecule has 3 rings (SSSR count). The summed E-state index contributed by atoms with van der Waals surface area (Å²) in [6.07, 6.45) is 6.19. The average molecular weight is 791 g/mol.